The second-order valence-electron chi connectivity index (χ2n) is 6.11. The maximum atomic E-state index is 5.52. The molecule has 1 saturated heterocycles. The van der Waals surface area contributed by atoms with Crippen LogP contribution in [0.3, 0.4) is 0 Å². The Morgan fingerprint density at radius 3 is 2.35 bits per heavy atom. The zero-order chi connectivity index (χ0) is 12.3. The Balaban J connectivity index is 2.11. The molecule has 2 rings (SSSR count). The lowest BCUT2D eigenvalue weighted by molar-refractivity contribution is 0.143. The third-order valence-corrected chi connectivity index (χ3v) is 3.70. The Kier molecular flexibility index (Phi) is 3.88. The first-order chi connectivity index (χ1) is 8.07. The second-order valence-corrected chi connectivity index (χ2v) is 6.11. The van der Waals surface area contributed by atoms with E-state index in [0.29, 0.717) is 5.92 Å². The summed E-state index contributed by atoms with van der Waals surface area (Å²) < 4.78 is 5.52. The van der Waals surface area contributed by atoms with Crippen molar-refractivity contribution in [2.75, 3.05) is 13.2 Å². The van der Waals surface area contributed by atoms with Gasteiger partial charge < -0.3 is 4.74 Å². The van der Waals surface area contributed by atoms with Gasteiger partial charge in [0.15, 0.2) is 0 Å². The van der Waals surface area contributed by atoms with E-state index in [2.05, 4.69) is 45.0 Å². The van der Waals surface area contributed by atoms with Gasteiger partial charge in [0, 0.05) is 13.2 Å². The quantitative estimate of drug-likeness (QED) is 0.702. The summed E-state index contributed by atoms with van der Waals surface area (Å²) >= 11 is 0. The molecule has 1 aromatic carbocycles. The molecule has 1 aliphatic heterocycles. The van der Waals surface area contributed by atoms with Gasteiger partial charge in [-0.3, -0.25) is 0 Å². The second kappa shape index (κ2) is 5.22. The van der Waals surface area contributed by atoms with E-state index in [1.54, 1.807) is 0 Å². The summed E-state index contributed by atoms with van der Waals surface area (Å²) in [6, 6.07) is 9.22. The summed E-state index contributed by atoms with van der Waals surface area (Å²) in [6.45, 7) is 8.66. The van der Waals surface area contributed by atoms with Crippen molar-refractivity contribution in [3.05, 3.63) is 35.4 Å². The van der Waals surface area contributed by atoms with Gasteiger partial charge >= 0.3 is 0 Å². The fraction of sp³-hybridized carbons (Fsp3) is 0.625. The minimum Gasteiger partial charge on any atom is -0.381 e. The maximum Gasteiger partial charge on any atom is 0.0471 e. The number of hydrogen-bond acceptors (Lipinski definition) is 1. The fourth-order valence-electron chi connectivity index (χ4n) is 2.49. The predicted molar refractivity (Wildman–Crippen MR) is 72.6 cm³/mol. The van der Waals surface area contributed by atoms with Crippen LogP contribution in [-0.2, 0) is 10.2 Å². The molecule has 1 heteroatoms. The molecule has 1 fully saturated rings. The van der Waals surface area contributed by atoms with Crippen molar-refractivity contribution < 1.29 is 4.74 Å². The number of benzene rings is 1. The molecular weight excluding hydrogens is 208 g/mol. The molecule has 1 heterocycles. The van der Waals surface area contributed by atoms with Crippen molar-refractivity contribution in [2.45, 2.75) is 51.4 Å². The number of ether oxygens (including phenoxy) is 1. The Labute approximate surface area is 105 Å². The molecule has 1 atom stereocenters. The van der Waals surface area contributed by atoms with Gasteiger partial charge in [-0.2, -0.15) is 0 Å². The third-order valence-electron chi connectivity index (χ3n) is 3.70. The van der Waals surface area contributed by atoms with Crippen LogP contribution < -0.4 is 0 Å². The molecule has 1 unspecified atom stereocenters. The van der Waals surface area contributed by atoms with Gasteiger partial charge in [-0.25, -0.2) is 0 Å². The van der Waals surface area contributed by atoms with Gasteiger partial charge in [-0.05, 0) is 41.7 Å². The normalized spacial score (nSPS) is 22.2. The van der Waals surface area contributed by atoms with E-state index in [1.807, 2.05) is 0 Å². The number of rotatable bonds is 1. The van der Waals surface area contributed by atoms with E-state index in [9.17, 15) is 0 Å². The molecule has 0 amide bonds. The van der Waals surface area contributed by atoms with Crippen LogP contribution in [0.25, 0.3) is 0 Å². The van der Waals surface area contributed by atoms with E-state index < -0.39 is 0 Å². The van der Waals surface area contributed by atoms with E-state index >= 15 is 0 Å². The first-order valence-corrected chi connectivity index (χ1v) is 6.75. The molecule has 0 spiro atoms. The first-order valence-electron chi connectivity index (χ1n) is 6.75. The maximum absolute atomic E-state index is 5.52. The zero-order valence-corrected chi connectivity index (χ0v) is 11.3. The highest BCUT2D eigenvalue weighted by Crippen LogP contribution is 2.29. The van der Waals surface area contributed by atoms with E-state index in [4.69, 9.17) is 4.74 Å². The van der Waals surface area contributed by atoms with Crippen molar-refractivity contribution in [1.82, 2.24) is 0 Å². The lowest BCUT2D eigenvalue weighted by Gasteiger charge is -2.21. The SMILES string of the molecule is CC(C)(C)c1ccc(C2CCCOCC2)cc1. The Hall–Kier alpha value is -0.820. The van der Waals surface area contributed by atoms with Gasteiger partial charge in [0.1, 0.15) is 0 Å². The van der Waals surface area contributed by atoms with Gasteiger partial charge in [0.25, 0.3) is 0 Å². The first kappa shape index (κ1) is 12.6. The molecule has 1 aliphatic rings. The van der Waals surface area contributed by atoms with Crippen LogP contribution in [0.4, 0.5) is 0 Å². The minimum absolute atomic E-state index is 0.255. The van der Waals surface area contributed by atoms with Crippen LogP contribution in [0, 0.1) is 0 Å². The summed E-state index contributed by atoms with van der Waals surface area (Å²) in [7, 11) is 0. The molecular formula is C16H24O. The molecule has 0 aromatic heterocycles. The lowest BCUT2D eigenvalue weighted by atomic mass is 9.84. The molecule has 0 N–H and O–H groups in total. The van der Waals surface area contributed by atoms with Gasteiger partial charge in [0.2, 0.25) is 0 Å². The molecule has 17 heavy (non-hydrogen) atoms. The summed E-state index contributed by atoms with van der Waals surface area (Å²) in [5, 5.41) is 0. The van der Waals surface area contributed by atoms with Crippen LogP contribution in [0.15, 0.2) is 24.3 Å². The summed E-state index contributed by atoms with van der Waals surface area (Å²) in [4.78, 5) is 0. The average molecular weight is 232 g/mol. The summed E-state index contributed by atoms with van der Waals surface area (Å²) in [6.07, 6.45) is 3.65. The van der Waals surface area contributed by atoms with Gasteiger partial charge in [-0.15, -0.1) is 0 Å². The van der Waals surface area contributed by atoms with Crippen LogP contribution in [0.5, 0.6) is 0 Å². The van der Waals surface area contributed by atoms with Crippen molar-refractivity contribution in [3.8, 4) is 0 Å². The predicted octanol–water partition coefficient (Wildman–Crippen LogP) is 4.27. The van der Waals surface area contributed by atoms with Gasteiger partial charge in [0.05, 0.1) is 0 Å². The smallest absolute Gasteiger partial charge is 0.0471 e. The summed E-state index contributed by atoms with van der Waals surface area (Å²) in [5.74, 6) is 0.700. The largest absolute Gasteiger partial charge is 0.381 e. The Morgan fingerprint density at radius 1 is 1.00 bits per heavy atom. The molecule has 0 radical (unpaired) electrons. The van der Waals surface area contributed by atoms with Crippen molar-refractivity contribution in [2.24, 2.45) is 0 Å². The van der Waals surface area contributed by atoms with Crippen molar-refractivity contribution in [3.63, 3.8) is 0 Å². The third kappa shape index (κ3) is 3.32. The molecule has 1 aromatic rings. The zero-order valence-electron chi connectivity index (χ0n) is 11.3. The highest BCUT2D eigenvalue weighted by atomic mass is 16.5. The lowest BCUT2D eigenvalue weighted by Crippen LogP contribution is -2.11. The van der Waals surface area contributed by atoms with E-state index in [0.717, 1.165) is 13.2 Å². The molecule has 0 saturated carbocycles. The fourth-order valence-corrected chi connectivity index (χ4v) is 2.49. The Morgan fingerprint density at radius 2 is 1.71 bits per heavy atom. The number of hydrogen-bond donors (Lipinski definition) is 0. The monoisotopic (exact) mass is 232 g/mol. The van der Waals surface area contributed by atoms with Crippen LogP contribution in [0.1, 0.15) is 57.1 Å². The summed E-state index contributed by atoms with van der Waals surface area (Å²) in [5.41, 5.74) is 3.17. The van der Waals surface area contributed by atoms with Gasteiger partial charge in [-0.1, -0.05) is 45.0 Å². The molecule has 1 nitrogen and oxygen atoms in total. The Bertz CT molecular complexity index is 337. The van der Waals surface area contributed by atoms with Crippen molar-refractivity contribution >= 4 is 0 Å². The van der Waals surface area contributed by atoms with Crippen LogP contribution >= 0.6 is 0 Å². The highest BCUT2D eigenvalue weighted by molar-refractivity contribution is 5.29. The van der Waals surface area contributed by atoms with E-state index in [-0.39, 0.29) is 5.41 Å². The van der Waals surface area contributed by atoms with Crippen molar-refractivity contribution in [1.29, 1.82) is 0 Å². The van der Waals surface area contributed by atoms with E-state index in [1.165, 1.54) is 30.4 Å². The highest BCUT2D eigenvalue weighted by Gasteiger charge is 2.17. The molecule has 94 valence electrons. The van der Waals surface area contributed by atoms with Crippen LogP contribution in [-0.4, -0.2) is 13.2 Å². The topological polar surface area (TPSA) is 9.23 Å². The average Bonchev–Trinajstić information content (AvgIpc) is 2.56. The molecule has 0 aliphatic carbocycles. The standard InChI is InChI=1S/C16H24O/c1-16(2,3)15-8-6-14(7-9-15)13-5-4-11-17-12-10-13/h6-9,13H,4-5,10-12H2,1-3H3. The molecule has 0 bridgehead atoms. The minimum atomic E-state index is 0.255. The van der Waals surface area contributed by atoms with Crippen LogP contribution in [0.2, 0.25) is 0 Å².